The van der Waals surface area contributed by atoms with Crippen LogP contribution in [0.2, 0.25) is 0 Å². The van der Waals surface area contributed by atoms with Crippen molar-refractivity contribution in [2.24, 2.45) is 5.92 Å². The molecule has 1 N–H and O–H groups in total. The van der Waals surface area contributed by atoms with Gasteiger partial charge < -0.3 is 15.0 Å². The molecule has 2 unspecified atom stereocenters. The number of nitro benzene ring substituents is 1. The lowest BCUT2D eigenvalue weighted by atomic mass is 10.0. The number of likely N-dealkylation sites (N-methyl/N-ethyl adjacent to an activating group) is 1. The maximum absolute atomic E-state index is 12.5. The van der Waals surface area contributed by atoms with Crippen molar-refractivity contribution in [3.8, 4) is 0 Å². The van der Waals surface area contributed by atoms with E-state index in [0.29, 0.717) is 18.9 Å². The quantitative estimate of drug-likeness (QED) is 0.651. The van der Waals surface area contributed by atoms with E-state index in [9.17, 15) is 14.9 Å². The number of nitrogens with one attached hydrogen (secondary N) is 1. The molecule has 114 valence electrons. The van der Waals surface area contributed by atoms with E-state index in [1.165, 1.54) is 17.0 Å². The Balaban J connectivity index is 2.09. The van der Waals surface area contributed by atoms with Crippen LogP contribution in [0.1, 0.15) is 6.92 Å². The molecular formula is C14H19N3O4. The Morgan fingerprint density at radius 3 is 2.67 bits per heavy atom. The van der Waals surface area contributed by atoms with Gasteiger partial charge in [-0.25, -0.2) is 0 Å². The van der Waals surface area contributed by atoms with E-state index < -0.39 is 4.92 Å². The fourth-order valence-electron chi connectivity index (χ4n) is 2.43. The standard InChI is InChI=1S/C14H19N3O4/c1-3-15-13-9-21-8-12(13)14(18)16(2)10-4-6-11(7-5-10)17(19)20/h4-7,12-13,15H,3,8-9H2,1-2H3. The molecule has 1 saturated heterocycles. The number of rotatable bonds is 5. The molecule has 1 heterocycles. The van der Waals surface area contributed by atoms with Crippen LogP contribution in [-0.2, 0) is 9.53 Å². The van der Waals surface area contributed by atoms with E-state index in [0.717, 1.165) is 6.54 Å². The van der Waals surface area contributed by atoms with Gasteiger partial charge in [0.15, 0.2) is 0 Å². The average Bonchev–Trinajstić information content (AvgIpc) is 2.94. The van der Waals surface area contributed by atoms with Crippen LogP contribution < -0.4 is 10.2 Å². The number of amides is 1. The molecule has 21 heavy (non-hydrogen) atoms. The summed E-state index contributed by atoms with van der Waals surface area (Å²) in [6, 6.07) is 5.96. The Bertz CT molecular complexity index is 517. The number of hydrogen-bond acceptors (Lipinski definition) is 5. The molecule has 2 atom stereocenters. The van der Waals surface area contributed by atoms with Gasteiger partial charge >= 0.3 is 0 Å². The van der Waals surface area contributed by atoms with Gasteiger partial charge in [0, 0.05) is 30.9 Å². The molecule has 0 bridgehead atoms. The van der Waals surface area contributed by atoms with Crippen LogP contribution in [0.4, 0.5) is 11.4 Å². The van der Waals surface area contributed by atoms with Gasteiger partial charge in [-0.2, -0.15) is 0 Å². The lowest BCUT2D eigenvalue weighted by molar-refractivity contribution is -0.384. The van der Waals surface area contributed by atoms with Crippen LogP contribution in [0.3, 0.4) is 0 Å². The molecule has 2 rings (SSSR count). The summed E-state index contributed by atoms with van der Waals surface area (Å²) in [6.07, 6.45) is 0. The van der Waals surface area contributed by atoms with E-state index in [2.05, 4.69) is 5.32 Å². The molecular weight excluding hydrogens is 274 g/mol. The van der Waals surface area contributed by atoms with Crippen LogP contribution in [0.15, 0.2) is 24.3 Å². The minimum Gasteiger partial charge on any atom is -0.379 e. The summed E-state index contributed by atoms with van der Waals surface area (Å²) in [5.41, 5.74) is 0.641. The molecule has 1 aliphatic heterocycles. The van der Waals surface area contributed by atoms with E-state index >= 15 is 0 Å². The first-order chi connectivity index (χ1) is 10.0. The van der Waals surface area contributed by atoms with Crippen molar-refractivity contribution in [3.63, 3.8) is 0 Å². The largest absolute Gasteiger partial charge is 0.379 e. The van der Waals surface area contributed by atoms with Gasteiger partial charge in [0.2, 0.25) is 5.91 Å². The highest BCUT2D eigenvalue weighted by molar-refractivity contribution is 5.95. The zero-order valence-electron chi connectivity index (χ0n) is 12.1. The number of hydrogen-bond donors (Lipinski definition) is 1. The fraction of sp³-hybridized carbons (Fsp3) is 0.500. The molecule has 7 nitrogen and oxygen atoms in total. The summed E-state index contributed by atoms with van der Waals surface area (Å²) in [5, 5.41) is 13.9. The molecule has 0 saturated carbocycles. The highest BCUT2D eigenvalue weighted by atomic mass is 16.6. The van der Waals surface area contributed by atoms with E-state index in [1.54, 1.807) is 19.2 Å². The predicted molar refractivity (Wildman–Crippen MR) is 78.3 cm³/mol. The van der Waals surface area contributed by atoms with E-state index in [1.807, 2.05) is 6.92 Å². The van der Waals surface area contributed by atoms with Gasteiger partial charge in [-0.05, 0) is 18.7 Å². The summed E-state index contributed by atoms with van der Waals surface area (Å²) >= 11 is 0. The molecule has 0 radical (unpaired) electrons. The van der Waals surface area contributed by atoms with Gasteiger partial charge in [0.05, 0.1) is 24.1 Å². The fourth-order valence-corrected chi connectivity index (χ4v) is 2.43. The molecule has 0 aromatic heterocycles. The predicted octanol–water partition coefficient (Wildman–Crippen LogP) is 1.18. The summed E-state index contributed by atoms with van der Waals surface area (Å²) in [7, 11) is 1.67. The molecule has 0 spiro atoms. The van der Waals surface area contributed by atoms with Crippen LogP contribution in [-0.4, -0.2) is 43.7 Å². The van der Waals surface area contributed by atoms with Crippen LogP contribution >= 0.6 is 0 Å². The number of non-ortho nitro benzene ring substituents is 1. The second-order valence-corrected chi connectivity index (χ2v) is 4.98. The van der Waals surface area contributed by atoms with Crippen molar-refractivity contribution in [2.75, 3.05) is 31.7 Å². The van der Waals surface area contributed by atoms with Gasteiger partial charge in [-0.1, -0.05) is 6.92 Å². The van der Waals surface area contributed by atoms with Gasteiger partial charge in [-0.3, -0.25) is 14.9 Å². The molecule has 7 heteroatoms. The minimum absolute atomic E-state index is 0.00863. The zero-order chi connectivity index (χ0) is 15.4. The summed E-state index contributed by atoms with van der Waals surface area (Å²) < 4.78 is 5.38. The Labute approximate surface area is 123 Å². The summed E-state index contributed by atoms with van der Waals surface area (Å²) in [4.78, 5) is 24.2. The number of benzene rings is 1. The first-order valence-corrected chi connectivity index (χ1v) is 6.87. The lowest BCUT2D eigenvalue weighted by Crippen LogP contribution is -2.44. The molecule has 1 aromatic carbocycles. The van der Waals surface area contributed by atoms with E-state index in [-0.39, 0.29) is 23.6 Å². The Morgan fingerprint density at radius 1 is 1.43 bits per heavy atom. The Hall–Kier alpha value is -1.99. The topological polar surface area (TPSA) is 84.7 Å². The molecule has 0 aliphatic carbocycles. The first-order valence-electron chi connectivity index (χ1n) is 6.87. The van der Waals surface area contributed by atoms with Crippen molar-refractivity contribution in [1.82, 2.24) is 5.32 Å². The Kier molecular flexibility index (Phi) is 4.87. The zero-order valence-corrected chi connectivity index (χ0v) is 12.1. The number of carbonyl (C=O) groups is 1. The number of nitro groups is 1. The highest BCUT2D eigenvalue weighted by Crippen LogP contribution is 2.22. The van der Waals surface area contributed by atoms with Gasteiger partial charge in [0.1, 0.15) is 0 Å². The highest BCUT2D eigenvalue weighted by Gasteiger charge is 2.35. The van der Waals surface area contributed by atoms with Crippen LogP contribution in [0.5, 0.6) is 0 Å². The molecule has 1 fully saturated rings. The average molecular weight is 293 g/mol. The van der Waals surface area contributed by atoms with E-state index in [4.69, 9.17) is 4.74 Å². The minimum atomic E-state index is -0.461. The summed E-state index contributed by atoms with van der Waals surface area (Å²) in [5.74, 6) is -0.280. The number of anilines is 1. The maximum atomic E-state index is 12.5. The smallest absolute Gasteiger partial charge is 0.269 e. The van der Waals surface area contributed by atoms with Crippen molar-refractivity contribution in [2.45, 2.75) is 13.0 Å². The second-order valence-electron chi connectivity index (χ2n) is 4.98. The second kappa shape index (κ2) is 6.64. The van der Waals surface area contributed by atoms with Crippen molar-refractivity contribution >= 4 is 17.3 Å². The van der Waals surface area contributed by atoms with Crippen LogP contribution in [0, 0.1) is 16.0 Å². The third kappa shape index (κ3) is 3.37. The number of carbonyl (C=O) groups excluding carboxylic acids is 1. The lowest BCUT2D eigenvalue weighted by Gasteiger charge is -2.24. The Morgan fingerprint density at radius 2 is 2.10 bits per heavy atom. The SMILES string of the molecule is CCNC1COCC1C(=O)N(C)c1ccc([N+](=O)[O-])cc1. The van der Waals surface area contributed by atoms with Crippen molar-refractivity contribution in [3.05, 3.63) is 34.4 Å². The van der Waals surface area contributed by atoms with Gasteiger partial charge in [0.25, 0.3) is 5.69 Å². The maximum Gasteiger partial charge on any atom is 0.269 e. The monoisotopic (exact) mass is 293 g/mol. The third-order valence-corrected chi connectivity index (χ3v) is 3.64. The molecule has 1 aliphatic rings. The summed E-state index contributed by atoms with van der Waals surface area (Å²) in [6.45, 7) is 3.69. The van der Waals surface area contributed by atoms with Crippen LogP contribution in [0.25, 0.3) is 0 Å². The number of ether oxygens (including phenoxy) is 1. The molecule has 1 aromatic rings. The van der Waals surface area contributed by atoms with Gasteiger partial charge in [-0.15, -0.1) is 0 Å². The van der Waals surface area contributed by atoms with Crippen molar-refractivity contribution in [1.29, 1.82) is 0 Å². The number of nitrogens with zero attached hydrogens (tertiary/aromatic N) is 2. The third-order valence-electron chi connectivity index (χ3n) is 3.64. The first kappa shape index (κ1) is 15.4. The normalized spacial score (nSPS) is 21.2. The molecule has 1 amide bonds. The van der Waals surface area contributed by atoms with Crippen molar-refractivity contribution < 1.29 is 14.5 Å².